The van der Waals surface area contributed by atoms with Crippen LogP contribution in [0.5, 0.6) is 5.75 Å². The highest BCUT2D eigenvalue weighted by Crippen LogP contribution is 2.28. The number of nitrogens with zero attached hydrogens (tertiary/aromatic N) is 1. The summed E-state index contributed by atoms with van der Waals surface area (Å²) < 4.78 is 10.6. The lowest BCUT2D eigenvalue weighted by Gasteiger charge is -2.28. The zero-order chi connectivity index (χ0) is 19.6. The van der Waals surface area contributed by atoms with Crippen molar-refractivity contribution in [3.05, 3.63) is 29.8 Å². The minimum Gasteiger partial charge on any atom is -0.497 e. The van der Waals surface area contributed by atoms with Crippen molar-refractivity contribution in [3.8, 4) is 5.75 Å². The number of benzene rings is 1. The summed E-state index contributed by atoms with van der Waals surface area (Å²) in [6, 6.07) is 5.54. The lowest BCUT2D eigenvalue weighted by atomic mass is 10.0. The standard InChI is InChI=1S/C20H26N2O5.CH4.2H2S/c1-12(2)10-15(21-19(24)13-4-6-14(26-3)7-5-13)20(25)22-9-8-17-18(22)16(23)11-27-17;;;/h4-7,12,15,17-18H,8-11H2,1-3H3,(H,21,24);1H4;2*1H2/t15-,17+,18+;;;/m0.../s1. The summed E-state index contributed by atoms with van der Waals surface area (Å²) >= 11 is 0. The van der Waals surface area contributed by atoms with E-state index in [0.29, 0.717) is 30.7 Å². The van der Waals surface area contributed by atoms with Gasteiger partial charge >= 0.3 is 0 Å². The van der Waals surface area contributed by atoms with E-state index in [-0.39, 0.29) is 70.6 Å². The van der Waals surface area contributed by atoms with Gasteiger partial charge in [-0.05, 0) is 43.0 Å². The van der Waals surface area contributed by atoms with Gasteiger partial charge in [0.1, 0.15) is 24.4 Å². The Morgan fingerprint density at radius 2 is 1.87 bits per heavy atom. The summed E-state index contributed by atoms with van der Waals surface area (Å²) in [6.45, 7) is 4.53. The van der Waals surface area contributed by atoms with Gasteiger partial charge in [0.05, 0.1) is 13.2 Å². The third kappa shape index (κ3) is 6.15. The van der Waals surface area contributed by atoms with Crippen LogP contribution in [0.3, 0.4) is 0 Å². The van der Waals surface area contributed by atoms with Crippen LogP contribution in [-0.4, -0.2) is 60.9 Å². The lowest BCUT2D eigenvalue weighted by molar-refractivity contribution is -0.138. The van der Waals surface area contributed by atoms with Crippen LogP contribution >= 0.6 is 27.0 Å². The molecule has 0 aromatic heterocycles. The van der Waals surface area contributed by atoms with E-state index in [1.165, 1.54) is 0 Å². The maximum absolute atomic E-state index is 13.1. The number of nitrogens with one attached hydrogen (secondary N) is 1. The predicted molar refractivity (Wildman–Crippen MR) is 126 cm³/mol. The molecule has 2 fully saturated rings. The van der Waals surface area contributed by atoms with E-state index >= 15 is 0 Å². The minimum atomic E-state index is -0.674. The number of carbonyl (C=O) groups excluding carboxylic acids is 3. The van der Waals surface area contributed by atoms with Gasteiger partial charge < -0.3 is 19.7 Å². The third-order valence-corrected chi connectivity index (χ3v) is 5.06. The van der Waals surface area contributed by atoms with E-state index in [4.69, 9.17) is 9.47 Å². The second-order valence-corrected chi connectivity index (χ2v) is 7.47. The molecule has 0 aliphatic carbocycles. The molecule has 0 radical (unpaired) electrons. The molecule has 30 heavy (non-hydrogen) atoms. The Balaban J connectivity index is 0.00000280. The first-order valence-corrected chi connectivity index (χ1v) is 9.30. The SMILES string of the molecule is C.COc1ccc(C(=O)N[C@@H](CC(C)C)C(=O)N2CC[C@H]3OCC(=O)[C@H]32)cc1.S.S. The van der Waals surface area contributed by atoms with Gasteiger partial charge in [0, 0.05) is 12.1 Å². The van der Waals surface area contributed by atoms with E-state index in [2.05, 4.69) is 5.32 Å². The molecule has 7 nitrogen and oxygen atoms in total. The van der Waals surface area contributed by atoms with E-state index in [0.717, 1.165) is 0 Å². The lowest BCUT2D eigenvalue weighted by Crippen LogP contribution is -2.52. The van der Waals surface area contributed by atoms with Crippen LogP contribution in [0.2, 0.25) is 0 Å². The largest absolute Gasteiger partial charge is 0.497 e. The first-order chi connectivity index (χ1) is 12.9. The normalized spacial score (nSPS) is 20.4. The quantitative estimate of drug-likeness (QED) is 0.707. The fraction of sp³-hybridized carbons (Fsp3) is 0.571. The molecule has 2 aliphatic rings. The highest BCUT2D eigenvalue weighted by atomic mass is 32.1. The molecular formula is C21H34N2O5S2. The molecule has 1 aromatic carbocycles. The topological polar surface area (TPSA) is 84.9 Å². The number of methoxy groups -OCH3 is 1. The number of ether oxygens (including phenoxy) is 2. The van der Waals surface area contributed by atoms with Gasteiger partial charge in [0.2, 0.25) is 5.91 Å². The number of hydrogen-bond acceptors (Lipinski definition) is 5. The van der Waals surface area contributed by atoms with Crippen molar-refractivity contribution >= 4 is 44.6 Å². The zero-order valence-electron chi connectivity index (χ0n) is 16.9. The van der Waals surface area contributed by atoms with E-state index in [9.17, 15) is 14.4 Å². The van der Waals surface area contributed by atoms with Crippen LogP contribution in [0.15, 0.2) is 24.3 Å². The molecule has 9 heteroatoms. The smallest absolute Gasteiger partial charge is 0.251 e. The average molecular weight is 459 g/mol. The van der Waals surface area contributed by atoms with Crippen molar-refractivity contribution in [3.63, 3.8) is 0 Å². The molecule has 2 aliphatic heterocycles. The van der Waals surface area contributed by atoms with Crippen LogP contribution in [0.1, 0.15) is 44.5 Å². The molecular weight excluding hydrogens is 424 g/mol. The number of ketones is 1. The van der Waals surface area contributed by atoms with E-state index in [1.807, 2.05) is 13.8 Å². The van der Waals surface area contributed by atoms with Gasteiger partial charge in [0.25, 0.3) is 5.91 Å². The molecule has 2 heterocycles. The molecule has 0 spiro atoms. The Morgan fingerprint density at radius 1 is 1.23 bits per heavy atom. The summed E-state index contributed by atoms with van der Waals surface area (Å²) in [5.41, 5.74) is 0.455. The molecule has 170 valence electrons. The van der Waals surface area contributed by atoms with Crippen molar-refractivity contribution in [2.45, 2.75) is 52.3 Å². The van der Waals surface area contributed by atoms with Crippen LogP contribution in [-0.2, 0) is 14.3 Å². The summed E-state index contributed by atoms with van der Waals surface area (Å²) in [7, 11) is 1.56. The molecule has 1 N–H and O–H groups in total. The number of rotatable bonds is 6. The minimum absolute atomic E-state index is 0. The van der Waals surface area contributed by atoms with Crippen LogP contribution in [0, 0.1) is 5.92 Å². The number of carbonyl (C=O) groups is 3. The highest BCUT2D eigenvalue weighted by Gasteiger charge is 2.48. The van der Waals surface area contributed by atoms with Crippen LogP contribution in [0.25, 0.3) is 0 Å². The summed E-state index contributed by atoms with van der Waals surface area (Å²) in [5.74, 6) is 0.280. The van der Waals surface area contributed by atoms with Crippen LogP contribution < -0.4 is 10.1 Å². The van der Waals surface area contributed by atoms with Crippen molar-refractivity contribution in [1.29, 1.82) is 0 Å². The first-order valence-electron chi connectivity index (χ1n) is 9.30. The van der Waals surface area contributed by atoms with Gasteiger partial charge in [-0.25, -0.2) is 0 Å². The monoisotopic (exact) mass is 458 g/mol. The number of likely N-dealkylation sites (tertiary alicyclic amines) is 1. The molecule has 3 atom stereocenters. The van der Waals surface area contributed by atoms with Gasteiger partial charge in [-0.3, -0.25) is 14.4 Å². The van der Waals surface area contributed by atoms with Gasteiger partial charge in [0.15, 0.2) is 5.78 Å². The Bertz CT molecular complexity index is 727. The number of Topliss-reactive ketones (excluding diaryl/α,β-unsaturated/α-hetero) is 1. The summed E-state index contributed by atoms with van der Waals surface area (Å²) in [5, 5.41) is 2.85. The Hall–Kier alpha value is -1.71. The van der Waals surface area contributed by atoms with Gasteiger partial charge in [-0.1, -0.05) is 21.3 Å². The van der Waals surface area contributed by atoms with Gasteiger partial charge in [-0.2, -0.15) is 27.0 Å². The predicted octanol–water partition coefficient (Wildman–Crippen LogP) is 2.27. The Labute approximate surface area is 192 Å². The average Bonchev–Trinajstić information content (AvgIpc) is 3.23. The Kier molecular flexibility index (Phi) is 11.5. The maximum Gasteiger partial charge on any atom is 0.251 e. The van der Waals surface area contributed by atoms with E-state index < -0.39 is 12.1 Å². The van der Waals surface area contributed by atoms with Gasteiger partial charge in [-0.15, -0.1) is 0 Å². The second kappa shape index (κ2) is 12.2. The highest BCUT2D eigenvalue weighted by molar-refractivity contribution is 7.59. The molecule has 0 unspecified atom stereocenters. The number of hydrogen-bond donors (Lipinski definition) is 1. The van der Waals surface area contributed by atoms with Crippen molar-refractivity contribution in [2.24, 2.45) is 5.92 Å². The maximum atomic E-state index is 13.1. The zero-order valence-corrected chi connectivity index (χ0v) is 18.9. The molecule has 0 saturated carbocycles. The fourth-order valence-corrected chi connectivity index (χ4v) is 3.72. The molecule has 2 saturated heterocycles. The van der Waals surface area contributed by atoms with Crippen LogP contribution in [0.4, 0.5) is 0 Å². The second-order valence-electron chi connectivity index (χ2n) is 7.47. The molecule has 0 bridgehead atoms. The van der Waals surface area contributed by atoms with Crippen molar-refractivity contribution < 1.29 is 23.9 Å². The fourth-order valence-electron chi connectivity index (χ4n) is 3.72. The first kappa shape index (κ1) is 28.3. The summed E-state index contributed by atoms with van der Waals surface area (Å²) in [4.78, 5) is 39.4. The molecule has 1 aromatic rings. The molecule has 2 amide bonds. The summed E-state index contributed by atoms with van der Waals surface area (Å²) in [6.07, 6.45) is 0.950. The number of fused-ring (bicyclic) bond motifs is 1. The molecule has 3 rings (SSSR count). The van der Waals surface area contributed by atoms with Crippen molar-refractivity contribution in [1.82, 2.24) is 10.2 Å². The number of amides is 2. The Morgan fingerprint density at radius 3 is 2.43 bits per heavy atom. The van der Waals surface area contributed by atoms with Crippen molar-refractivity contribution in [2.75, 3.05) is 20.3 Å². The van der Waals surface area contributed by atoms with E-state index in [1.54, 1.807) is 36.3 Å². The third-order valence-electron chi connectivity index (χ3n) is 5.06.